The second kappa shape index (κ2) is 5.70. The van der Waals surface area contributed by atoms with Crippen molar-refractivity contribution in [2.24, 2.45) is 11.8 Å². The SMILES string of the molecule is C=C(C)C(=O)OC(C)(CC)C1CCC(C)CC1. The van der Waals surface area contributed by atoms with Crippen LogP contribution >= 0.6 is 0 Å². The zero-order valence-corrected chi connectivity index (χ0v) is 11.7. The minimum atomic E-state index is -0.309. The second-order valence-electron chi connectivity index (χ2n) is 5.79. The molecule has 2 nitrogen and oxygen atoms in total. The molecule has 98 valence electrons. The Hall–Kier alpha value is -0.790. The maximum absolute atomic E-state index is 11.7. The summed E-state index contributed by atoms with van der Waals surface area (Å²) in [6.45, 7) is 11.8. The maximum Gasteiger partial charge on any atom is 0.333 e. The molecule has 1 rings (SSSR count). The molecule has 0 aromatic heterocycles. The molecular formula is C15H26O2. The fourth-order valence-electron chi connectivity index (χ4n) is 2.61. The average Bonchev–Trinajstić information content (AvgIpc) is 2.29. The van der Waals surface area contributed by atoms with Gasteiger partial charge in [0.2, 0.25) is 0 Å². The van der Waals surface area contributed by atoms with Crippen LogP contribution in [0.15, 0.2) is 12.2 Å². The molecule has 0 heterocycles. The summed E-state index contributed by atoms with van der Waals surface area (Å²) in [5.74, 6) is 1.09. The van der Waals surface area contributed by atoms with Gasteiger partial charge in [0, 0.05) is 5.57 Å². The Kier molecular flexibility index (Phi) is 4.79. The van der Waals surface area contributed by atoms with Crippen molar-refractivity contribution in [2.45, 2.75) is 65.4 Å². The van der Waals surface area contributed by atoms with Crippen molar-refractivity contribution < 1.29 is 9.53 Å². The molecule has 0 amide bonds. The van der Waals surface area contributed by atoms with Gasteiger partial charge < -0.3 is 4.74 Å². The highest BCUT2D eigenvalue weighted by molar-refractivity contribution is 5.87. The first-order valence-electron chi connectivity index (χ1n) is 6.78. The number of hydrogen-bond acceptors (Lipinski definition) is 2. The Morgan fingerprint density at radius 1 is 1.35 bits per heavy atom. The molecule has 0 radical (unpaired) electrons. The van der Waals surface area contributed by atoms with Crippen LogP contribution < -0.4 is 0 Å². The van der Waals surface area contributed by atoms with Crippen molar-refractivity contribution in [1.82, 2.24) is 0 Å². The molecule has 0 spiro atoms. The van der Waals surface area contributed by atoms with Crippen LogP contribution in [0.2, 0.25) is 0 Å². The van der Waals surface area contributed by atoms with Crippen molar-refractivity contribution in [2.75, 3.05) is 0 Å². The van der Waals surface area contributed by atoms with E-state index in [1.54, 1.807) is 6.92 Å². The normalized spacial score (nSPS) is 28.2. The van der Waals surface area contributed by atoms with E-state index >= 15 is 0 Å². The molecular weight excluding hydrogens is 212 g/mol. The standard InChI is InChI=1S/C15H26O2/c1-6-15(5,17-14(16)11(2)3)13-9-7-12(4)8-10-13/h12-13H,2,6-10H2,1,3-5H3. The van der Waals surface area contributed by atoms with Crippen LogP contribution in [0.25, 0.3) is 0 Å². The van der Waals surface area contributed by atoms with E-state index in [2.05, 4.69) is 27.4 Å². The Labute approximate surface area is 105 Å². The van der Waals surface area contributed by atoms with Crippen LogP contribution in [0.5, 0.6) is 0 Å². The summed E-state index contributed by atoms with van der Waals surface area (Å²) in [6.07, 6.45) is 5.74. The van der Waals surface area contributed by atoms with Gasteiger partial charge in [-0.2, -0.15) is 0 Å². The van der Waals surface area contributed by atoms with Gasteiger partial charge in [-0.15, -0.1) is 0 Å². The van der Waals surface area contributed by atoms with Crippen molar-refractivity contribution in [1.29, 1.82) is 0 Å². The van der Waals surface area contributed by atoms with Crippen molar-refractivity contribution >= 4 is 5.97 Å². The van der Waals surface area contributed by atoms with E-state index in [9.17, 15) is 4.79 Å². The Bertz CT molecular complexity index is 287. The highest BCUT2D eigenvalue weighted by Crippen LogP contribution is 2.39. The van der Waals surface area contributed by atoms with E-state index in [4.69, 9.17) is 4.74 Å². The molecule has 0 bridgehead atoms. The lowest BCUT2D eigenvalue weighted by molar-refractivity contribution is -0.161. The lowest BCUT2D eigenvalue weighted by Crippen LogP contribution is -2.41. The summed E-state index contributed by atoms with van der Waals surface area (Å²) in [5.41, 5.74) is 0.185. The predicted octanol–water partition coefficient (Wildman–Crippen LogP) is 4.10. The van der Waals surface area contributed by atoms with Gasteiger partial charge in [0.1, 0.15) is 5.60 Å². The molecule has 0 aromatic carbocycles. The molecule has 1 unspecified atom stereocenters. The first-order chi connectivity index (χ1) is 7.89. The summed E-state index contributed by atoms with van der Waals surface area (Å²) < 4.78 is 5.68. The number of ether oxygens (including phenoxy) is 1. The van der Waals surface area contributed by atoms with Gasteiger partial charge in [-0.05, 0) is 44.9 Å². The molecule has 0 N–H and O–H groups in total. The summed E-state index contributed by atoms with van der Waals surface area (Å²) in [6, 6.07) is 0. The third kappa shape index (κ3) is 3.58. The molecule has 1 aliphatic rings. The summed E-state index contributed by atoms with van der Waals surface area (Å²) in [5, 5.41) is 0. The number of carbonyl (C=O) groups is 1. The van der Waals surface area contributed by atoms with Gasteiger partial charge >= 0.3 is 5.97 Å². The first kappa shape index (κ1) is 14.3. The molecule has 17 heavy (non-hydrogen) atoms. The third-order valence-electron chi connectivity index (χ3n) is 4.26. The Balaban J connectivity index is 2.67. The van der Waals surface area contributed by atoms with Crippen LogP contribution in [-0.4, -0.2) is 11.6 Å². The first-order valence-corrected chi connectivity index (χ1v) is 6.78. The topological polar surface area (TPSA) is 26.3 Å². The highest BCUT2D eigenvalue weighted by atomic mass is 16.6. The summed E-state index contributed by atoms with van der Waals surface area (Å²) in [4.78, 5) is 11.7. The molecule has 0 aromatic rings. The fourth-order valence-corrected chi connectivity index (χ4v) is 2.61. The summed E-state index contributed by atoms with van der Waals surface area (Å²) >= 11 is 0. The van der Waals surface area contributed by atoms with Crippen LogP contribution in [0.1, 0.15) is 59.8 Å². The molecule has 2 heteroatoms. The molecule has 1 atom stereocenters. The van der Waals surface area contributed by atoms with Crippen LogP contribution in [0, 0.1) is 11.8 Å². The maximum atomic E-state index is 11.7. The molecule has 1 fully saturated rings. The van der Waals surface area contributed by atoms with Gasteiger partial charge in [-0.1, -0.05) is 33.3 Å². The zero-order valence-electron chi connectivity index (χ0n) is 11.7. The smallest absolute Gasteiger partial charge is 0.333 e. The van der Waals surface area contributed by atoms with E-state index in [1.807, 2.05) is 0 Å². The lowest BCUT2D eigenvalue weighted by atomic mass is 9.73. The number of carbonyl (C=O) groups excluding carboxylic acids is 1. The number of hydrogen-bond donors (Lipinski definition) is 0. The van der Waals surface area contributed by atoms with E-state index < -0.39 is 0 Å². The highest BCUT2D eigenvalue weighted by Gasteiger charge is 2.38. The monoisotopic (exact) mass is 238 g/mol. The van der Waals surface area contributed by atoms with E-state index in [-0.39, 0.29) is 11.6 Å². The quantitative estimate of drug-likeness (QED) is 0.544. The number of esters is 1. The predicted molar refractivity (Wildman–Crippen MR) is 70.7 cm³/mol. The minimum Gasteiger partial charge on any atom is -0.456 e. The fraction of sp³-hybridized carbons (Fsp3) is 0.800. The largest absolute Gasteiger partial charge is 0.456 e. The van der Waals surface area contributed by atoms with Gasteiger partial charge in [-0.3, -0.25) is 0 Å². The molecule has 0 aliphatic heterocycles. The van der Waals surface area contributed by atoms with Crippen LogP contribution in [0.4, 0.5) is 0 Å². The van der Waals surface area contributed by atoms with Crippen molar-refractivity contribution in [3.05, 3.63) is 12.2 Å². The third-order valence-corrected chi connectivity index (χ3v) is 4.26. The average molecular weight is 238 g/mol. The van der Waals surface area contributed by atoms with E-state index in [1.165, 1.54) is 25.7 Å². The second-order valence-corrected chi connectivity index (χ2v) is 5.79. The minimum absolute atomic E-state index is 0.243. The summed E-state index contributed by atoms with van der Waals surface area (Å²) in [7, 11) is 0. The Morgan fingerprint density at radius 2 is 1.88 bits per heavy atom. The van der Waals surface area contributed by atoms with Gasteiger partial charge in [0.25, 0.3) is 0 Å². The molecule has 0 saturated heterocycles. The van der Waals surface area contributed by atoms with E-state index in [0.717, 1.165) is 12.3 Å². The Morgan fingerprint density at radius 3 is 2.29 bits per heavy atom. The number of rotatable bonds is 4. The van der Waals surface area contributed by atoms with Crippen LogP contribution in [-0.2, 0) is 9.53 Å². The lowest BCUT2D eigenvalue weighted by Gasteiger charge is -2.40. The van der Waals surface area contributed by atoms with Crippen molar-refractivity contribution in [3.63, 3.8) is 0 Å². The van der Waals surface area contributed by atoms with Gasteiger partial charge in [-0.25, -0.2) is 4.79 Å². The van der Waals surface area contributed by atoms with Gasteiger partial charge in [0.15, 0.2) is 0 Å². The molecule has 1 saturated carbocycles. The zero-order chi connectivity index (χ0) is 13.1. The van der Waals surface area contributed by atoms with Gasteiger partial charge in [0.05, 0.1) is 0 Å². The van der Waals surface area contributed by atoms with Crippen molar-refractivity contribution in [3.8, 4) is 0 Å². The van der Waals surface area contributed by atoms with E-state index in [0.29, 0.717) is 11.5 Å². The van der Waals surface area contributed by atoms with Crippen LogP contribution in [0.3, 0.4) is 0 Å². The molecule has 1 aliphatic carbocycles.